The highest BCUT2D eigenvalue weighted by atomic mass is 19.1. The number of carbonyl (C=O) groups is 2. The van der Waals surface area contributed by atoms with Crippen LogP contribution in [-0.4, -0.2) is 53.4 Å². The Morgan fingerprint density at radius 1 is 1.30 bits per heavy atom. The number of benzene rings is 1. The summed E-state index contributed by atoms with van der Waals surface area (Å²) in [5, 5.41) is 4.22. The number of hydrogen-bond donors (Lipinski definition) is 0. The van der Waals surface area contributed by atoms with E-state index < -0.39 is 11.8 Å². The van der Waals surface area contributed by atoms with Gasteiger partial charge in [0.25, 0.3) is 5.91 Å². The van der Waals surface area contributed by atoms with Gasteiger partial charge < -0.3 is 19.0 Å². The highest BCUT2D eigenvalue weighted by Crippen LogP contribution is 2.30. The van der Waals surface area contributed by atoms with Gasteiger partial charge in [-0.2, -0.15) is 0 Å². The van der Waals surface area contributed by atoms with Crippen molar-refractivity contribution in [3.8, 4) is 0 Å². The minimum absolute atomic E-state index is 0.190. The van der Waals surface area contributed by atoms with Crippen LogP contribution in [0.4, 0.5) is 4.39 Å². The molecule has 0 spiro atoms. The number of oxime groups is 1. The second kappa shape index (κ2) is 6.62. The molecule has 0 N–H and O–H groups in total. The lowest BCUT2D eigenvalue weighted by atomic mass is 10.0. The standard InChI is InChI=1S/C19H18FN3O4/c1-11-13(19(25)27-21-11)10-15-14-9-12(20)3-4-16(14)22(2)17(15)18(24)23-5-7-26-8-6-23/h3-4,9-10H,5-8H2,1-2H3/b13-10+. The van der Waals surface area contributed by atoms with Crippen molar-refractivity contribution in [1.82, 2.24) is 9.47 Å². The maximum atomic E-state index is 13.9. The highest BCUT2D eigenvalue weighted by Gasteiger charge is 2.29. The molecule has 0 bridgehead atoms. The first kappa shape index (κ1) is 17.4. The van der Waals surface area contributed by atoms with E-state index in [0.29, 0.717) is 54.2 Å². The number of carbonyl (C=O) groups excluding carboxylic acids is 2. The van der Waals surface area contributed by atoms with Crippen LogP contribution in [0.2, 0.25) is 0 Å². The second-order valence-corrected chi connectivity index (χ2v) is 6.50. The summed E-state index contributed by atoms with van der Waals surface area (Å²) in [5.74, 6) is -1.20. The van der Waals surface area contributed by atoms with Crippen molar-refractivity contribution in [3.05, 3.63) is 40.8 Å². The Morgan fingerprint density at radius 2 is 2.04 bits per heavy atom. The summed E-state index contributed by atoms with van der Waals surface area (Å²) < 4.78 is 21.0. The normalized spacial score (nSPS) is 18.9. The van der Waals surface area contributed by atoms with Gasteiger partial charge in [0.1, 0.15) is 11.5 Å². The van der Waals surface area contributed by atoms with Crippen LogP contribution in [0.15, 0.2) is 28.9 Å². The molecule has 3 heterocycles. The molecule has 2 aromatic rings. The predicted octanol–water partition coefficient (Wildman–Crippen LogP) is 2.11. The van der Waals surface area contributed by atoms with Gasteiger partial charge in [-0.15, -0.1) is 0 Å². The monoisotopic (exact) mass is 371 g/mol. The zero-order valence-electron chi connectivity index (χ0n) is 15.0. The van der Waals surface area contributed by atoms with Crippen molar-refractivity contribution in [3.63, 3.8) is 0 Å². The summed E-state index contributed by atoms with van der Waals surface area (Å²) in [7, 11) is 1.75. The molecule has 27 heavy (non-hydrogen) atoms. The van der Waals surface area contributed by atoms with E-state index in [2.05, 4.69) is 5.16 Å². The van der Waals surface area contributed by atoms with Crippen molar-refractivity contribution >= 4 is 34.6 Å². The Balaban J connectivity index is 1.93. The van der Waals surface area contributed by atoms with Crippen molar-refractivity contribution in [2.75, 3.05) is 26.3 Å². The van der Waals surface area contributed by atoms with E-state index in [0.717, 1.165) is 0 Å². The van der Waals surface area contributed by atoms with E-state index in [1.54, 1.807) is 35.6 Å². The molecule has 1 fully saturated rings. The Kier molecular flexibility index (Phi) is 4.27. The van der Waals surface area contributed by atoms with E-state index >= 15 is 0 Å². The van der Waals surface area contributed by atoms with E-state index in [9.17, 15) is 14.0 Å². The molecule has 0 unspecified atom stereocenters. The topological polar surface area (TPSA) is 73.1 Å². The average molecular weight is 371 g/mol. The van der Waals surface area contributed by atoms with E-state index in [1.807, 2.05) is 0 Å². The third kappa shape index (κ3) is 2.91. The van der Waals surface area contributed by atoms with Gasteiger partial charge in [0.05, 0.1) is 24.5 Å². The van der Waals surface area contributed by atoms with E-state index in [1.165, 1.54) is 12.1 Å². The van der Waals surface area contributed by atoms with Crippen LogP contribution >= 0.6 is 0 Å². The quantitative estimate of drug-likeness (QED) is 0.599. The SMILES string of the molecule is CC1=NOC(=O)/C1=C/c1c(C(=O)N2CCOCC2)n(C)c2ccc(F)cc12. The molecule has 1 saturated heterocycles. The number of fused-ring (bicyclic) bond motifs is 1. The zero-order chi connectivity index (χ0) is 19.1. The van der Waals surface area contributed by atoms with Crippen molar-refractivity contribution in [2.45, 2.75) is 6.92 Å². The van der Waals surface area contributed by atoms with Gasteiger partial charge in [0, 0.05) is 36.6 Å². The van der Waals surface area contributed by atoms with E-state index in [-0.39, 0.29) is 11.5 Å². The van der Waals surface area contributed by atoms with Crippen molar-refractivity contribution < 1.29 is 23.6 Å². The predicted molar refractivity (Wildman–Crippen MR) is 96.8 cm³/mol. The molecule has 1 aromatic heterocycles. The lowest BCUT2D eigenvalue weighted by Crippen LogP contribution is -2.41. The van der Waals surface area contributed by atoms with Gasteiger partial charge >= 0.3 is 5.97 Å². The van der Waals surface area contributed by atoms with Crippen LogP contribution in [0.5, 0.6) is 0 Å². The number of ether oxygens (including phenoxy) is 1. The average Bonchev–Trinajstić information content (AvgIpc) is 3.13. The van der Waals surface area contributed by atoms with Gasteiger partial charge in [-0.05, 0) is 31.2 Å². The first-order valence-corrected chi connectivity index (χ1v) is 8.60. The second-order valence-electron chi connectivity index (χ2n) is 6.50. The molecule has 1 amide bonds. The number of amides is 1. The third-order valence-corrected chi connectivity index (χ3v) is 4.87. The number of hydrogen-bond acceptors (Lipinski definition) is 5. The molecule has 2 aliphatic heterocycles. The van der Waals surface area contributed by atoms with Gasteiger partial charge in [0.15, 0.2) is 0 Å². The fraction of sp³-hybridized carbons (Fsp3) is 0.316. The van der Waals surface area contributed by atoms with Crippen LogP contribution in [0.25, 0.3) is 17.0 Å². The number of nitrogens with zero attached hydrogens (tertiary/aromatic N) is 3. The smallest absolute Gasteiger partial charge is 0.367 e. The molecule has 2 aliphatic rings. The molecular weight excluding hydrogens is 353 g/mol. The molecule has 4 rings (SSSR count). The first-order valence-electron chi connectivity index (χ1n) is 8.60. The molecule has 0 aliphatic carbocycles. The van der Waals surface area contributed by atoms with Crippen LogP contribution in [-0.2, 0) is 21.4 Å². The summed E-state index contributed by atoms with van der Waals surface area (Å²) in [6, 6.07) is 4.33. The van der Waals surface area contributed by atoms with Crippen LogP contribution in [0.3, 0.4) is 0 Å². The molecule has 140 valence electrons. The fourth-order valence-electron chi connectivity index (χ4n) is 3.43. The molecule has 8 heteroatoms. The van der Waals surface area contributed by atoms with Crippen LogP contribution < -0.4 is 0 Å². The van der Waals surface area contributed by atoms with Gasteiger partial charge in [-0.3, -0.25) is 4.79 Å². The number of halogens is 1. The van der Waals surface area contributed by atoms with Gasteiger partial charge in [-0.1, -0.05) is 5.16 Å². The van der Waals surface area contributed by atoms with Crippen molar-refractivity contribution in [2.24, 2.45) is 12.2 Å². The Hall–Kier alpha value is -3.00. The first-order chi connectivity index (χ1) is 13.0. The molecular formula is C19H18FN3O4. The largest absolute Gasteiger partial charge is 0.378 e. The summed E-state index contributed by atoms with van der Waals surface area (Å²) >= 11 is 0. The Labute approximate surface area is 154 Å². The maximum Gasteiger partial charge on any atom is 0.367 e. The molecule has 0 saturated carbocycles. The Morgan fingerprint density at radius 3 is 2.70 bits per heavy atom. The maximum absolute atomic E-state index is 13.9. The van der Waals surface area contributed by atoms with Crippen molar-refractivity contribution in [1.29, 1.82) is 0 Å². The van der Waals surface area contributed by atoms with E-state index in [4.69, 9.17) is 9.57 Å². The van der Waals surface area contributed by atoms with Gasteiger partial charge in [0.2, 0.25) is 0 Å². The highest BCUT2D eigenvalue weighted by molar-refractivity contribution is 6.25. The summed E-state index contributed by atoms with van der Waals surface area (Å²) in [6.45, 7) is 3.55. The summed E-state index contributed by atoms with van der Waals surface area (Å²) in [5.41, 5.74) is 2.23. The number of aryl methyl sites for hydroxylation is 1. The number of morpholine rings is 1. The van der Waals surface area contributed by atoms with Gasteiger partial charge in [-0.25, -0.2) is 9.18 Å². The summed E-state index contributed by atoms with van der Waals surface area (Å²) in [4.78, 5) is 31.6. The number of aromatic nitrogens is 1. The minimum atomic E-state index is -0.592. The molecule has 1 aromatic carbocycles. The lowest BCUT2D eigenvalue weighted by Gasteiger charge is -2.27. The Bertz CT molecular complexity index is 1020. The molecule has 0 radical (unpaired) electrons. The molecule has 7 nitrogen and oxygen atoms in total. The zero-order valence-corrected chi connectivity index (χ0v) is 15.0. The summed E-state index contributed by atoms with van der Waals surface area (Å²) in [6.07, 6.45) is 1.56. The van der Waals surface area contributed by atoms with Crippen LogP contribution in [0, 0.1) is 5.82 Å². The third-order valence-electron chi connectivity index (χ3n) is 4.87. The lowest BCUT2D eigenvalue weighted by molar-refractivity contribution is -0.136. The number of rotatable bonds is 2. The molecule has 0 atom stereocenters. The minimum Gasteiger partial charge on any atom is -0.378 e. The van der Waals surface area contributed by atoms with Crippen LogP contribution in [0.1, 0.15) is 23.0 Å². The fourth-order valence-corrected chi connectivity index (χ4v) is 3.43.